The van der Waals surface area contributed by atoms with Crippen molar-refractivity contribution in [2.24, 2.45) is 10.8 Å². The number of benzene rings is 6. The molecular formula is C98H103N25O6S. The van der Waals surface area contributed by atoms with Gasteiger partial charge in [-0.1, -0.05) is 112 Å². The molecular weight excluding hydrogens is 1660 g/mol. The van der Waals surface area contributed by atoms with E-state index in [0.717, 1.165) is 146 Å². The third kappa shape index (κ3) is 25.0. The Morgan fingerprint density at radius 2 is 0.900 bits per heavy atom. The predicted molar refractivity (Wildman–Crippen MR) is 515 cm³/mol. The highest BCUT2D eigenvalue weighted by atomic mass is 32.2. The van der Waals surface area contributed by atoms with E-state index in [4.69, 9.17) is 4.98 Å². The van der Waals surface area contributed by atoms with E-state index in [0.29, 0.717) is 46.6 Å². The molecule has 0 aliphatic rings. The van der Waals surface area contributed by atoms with Crippen molar-refractivity contribution in [3.8, 4) is 40.7 Å². The average molecular weight is 1760 g/mol. The van der Waals surface area contributed by atoms with Gasteiger partial charge in [0.1, 0.15) is 61.7 Å². The molecule has 0 radical (unpaired) electrons. The lowest BCUT2D eigenvalue weighted by atomic mass is 9.90. The van der Waals surface area contributed by atoms with E-state index in [1.807, 2.05) is 134 Å². The summed E-state index contributed by atoms with van der Waals surface area (Å²) < 4.78 is 35.3. The molecule has 0 atom stereocenters. The first-order valence-corrected chi connectivity index (χ1v) is 43.5. The summed E-state index contributed by atoms with van der Waals surface area (Å²) in [4.78, 5) is 108. The number of fused-ring (bicyclic) bond motifs is 5. The number of hydrogen-bond donors (Lipinski definition) is 5. The summed E-state index contributed by atoms with van der Waals surface area (Å²) >= 11 is 0. The molecule has 662 valence electrons. The molecule has 6 aromatic carbocycles. The number of sulfonamides is 1. The molecule has 10 heterocycles. The van der Waals surface area contributed by atoms with Crippen LogP contribution < -0.4 is 30.9 Å². The van der Waals surface area contributed by atoms with Crippen molar-refractivity contribution in [1.82, 2.24) is 92.5 Å². The first-order chi connectivity index (χ1) is 62.5. The summed E-state index contributed by atoms with van der Waals surface area (Å²) in [7, 11) is -3.57. The van der Waals surface area contributed by atoms with Crippen LogP contribution in [-0.4, -0.2) is 157 Å². The van der Waals surface area contributed by atoms with Gasteiger partial charge in [-0.05, 0) is 214 Å². The Kier molecular flexibility index (Phi) is 30.8. The van der Waals surface area contributed by atoms with Crippen LogP contribution in [0.2, 0.25) is 0 Å². The summed E-state index contributed by atoms with van der Waals surface area (Å²) in [6.45, 7) is 41.2. The van der Waals surface area contributed by atoms with Gasteiger partial charge in [-0.2, -0.15) is 0 Å². The molecule has 4 amide bonds. The van der Waals surface area contributed by atoms with Gasteiger partial charge in [0.15, 0.2) is 5.82 Å². The highest BCUT2D eigenvalue weighted by molar-refractivity contribution is 7.95. The molecule has 10 aromatic heterocycles. The van der Waals surface area contributed by atoms with Crippen LogP contribution in [-0.2, 0) is 48.5 Å². The first kappa shape index (κ1) is 93.3. The summed E-state index contributed by atoms with van der Waals surface area (Å²) in [5, 5.41) is 12.0. The van der Waals surface area contributed by atoms with Crippen molar-refractivity contribution in [1.29, 1.82) is 0 Å². The number of carbonyl (C=O) groups excluding carboxylic acids is 4. The third-order valence-corrected chi connectivity index (χ3v) is 21.1. The third-order valence-electron chi connectivity index (χ3n) is 20.1. The Balaban J connectivity index is 0.000000148. The molecule has 0 spiro atoms. The van der Waals surface area contributed by atoms with Gasteiger partial charge >= 0.3 is 0 Å². The van der Waals surface area contributed by atoms with E-state index in [1.54, 1.807) is 85.5 Å². The minimum Gasteiger partial charge on any atom is -0.357 e. The van der Waals surface area contributed by atoms with Crippen molar-refractivity contribution in [2.75, 3.05) is 63.6 Å². The number of aryl methyl sites for hydroxylation is 1. The molecule has 16 aromatic rings. The Hall–Kier alpha value is -15.9. The van der Waals surface area contributed by atoms with E-state index < -0.39 is 10.0 Å². The molecule has 32 heteroatoms. The van der Waals surface area contributed by atoms with Gasteiger partial charge in [0.25, 0.3) is 15.9 Å². The van der Waals surface area contributed by atoms with Crippen LogP contribution in [0.3, 0.4) is 0 Å². The molecule has 0 unspecified atom stereocenters. The largest absolute Gasteiger partial charge is 0.357 e. The number of nitrogens with one attached hydrogen (secondary N) is 5. The lowest BCUT2D eigenvalue weighted by Crippen LogP contribution is -2.23. The Morgan fingerprint density at radius 3 is 1.39 bits per heavy atom. The second kappa shape index (κ2) is 42.9. The first-order valence-electron chi connectivity index (χ1n) is 42.0. The van der Waals surface area contributed by atoms with Gasteiger partial charge in [-0.15, -0.1) is 0 Å². The lowest BCUT2D eigenvalue weighted by Gasteiger charge is -2.19. The lowest BCUT2D eigenvalue weighted by molar-refractivity contribution is -0.112. The van der Waals surface area contributed by atoms with Gasteiger partial charge in [0, 0.05) is 77.7 Å². The highest BCUT2D eigenvalue weighted by Gasteiger charge is 2.20. The number of nitrogens with zero attached hydrogens (tertiary/aromatic N) is 20. The van der Waals surface area contributed by atoms with E-state index in [1.165, 1.54) is 35.7 Å². The molecule has 5 N–H and O–H groups in total. The van der Waals surface area contributed by atoms with Crippen molar-refractivity contribution in [3.05, 3.63) is 305 Å². The fourth-order valence-electron chi connectivity index (χ4n) is 13.7. The Labute approximate surface area is 754 Å². The topological polar surface area (TPSA) is 361 Å². The number of aromatic nitrogens is 18. The molecule has 31 nitrogen and oxygen atoms in total. The number of amides is 4. The maximum absolute atomic E-state index is 12.2. The molecule has 0 saturated carbocycles. The van der Waals surface area contributed by atoms with E-state index in [9.17, 15) is 27.6 Å². The zero-order valence-corrected chi connectivity index (χ0v) is 75.3. The summed E-state index contributed by atoms with van der Waals surface area (Å²) in [5.74, 6) is 7.47. The van der Waals surface area contributed by atoms with E-state index in [2.05, 4.69) is 234 Å². The second-order valence-corrected chi connectivity index (χ2v) is 33.8. The molecule has 0 fully saturated rings. The number of rotatable bonds is 25. The van der Waals surface area contributed by atoms with Crippen LogP contribution in [0, 0.1) is 29.6 Å². The van der Waals surface area contributed by atoms with Crippen molar-refractivity contribution in [3.63, 3.8) is 0 Å². The maximum Gasteiger partial charge on any atom is 0.300 e. The average Bonchev–Trinajstić information content (AvgIpc) is 1.66. The maximum atomic E-state index is 12.2. The quantitative estimate of drug-likeness (QED) is 0.0262. The number of hydrogen-bond acceptors (Lipinski definition) is 21. The smallest absolute Gasteiger partial charge is 0.300 e. The van der Waals surface area contributed by atoms with Gasteiger partial charge in [-0.3, -0.25) is 66.6 Å². The number of imidazole rings is 5. The van der Waals surface area contributed by atoms with Gasteiger partial charge in [-0.25, -0.2) is 58.3 Å². The molecule has 0 saturated heterocycles. The van der Waals surface area contributed by atoms with Crippen molar-refractivity contribution >= 4 is 123 Å². The van der Waals surface area contributed by atoms with Crippen molar-refractivity contribution in [2.45, 2.75) is 95.4 Å². The van der Waals surface area contributed by atoms with Crippen LogP contribution >= 0.6 is 0 Å². The molecule has 16 rings (SSSR count). The summed E-state index contributed by atoms with van der Waals surface area (Å²) in [5.41, 5.74) is 19.2. The van der Waals surface area contributed by atoms with Crippen LogP contribution in [0.25, 0.3) is 84.0 Å². The van der Waals surface area contributed by atoms with Gasteiger partial charge < -0.3 is 26.2 Å². The van der Waals surface area contributed by atoms with E-state index >= 15 is 0 Å². The second-order valence-electron chi connectivity index (χ2n) is 32.2. The van der Waals surface area contributed by atoms with E-state index in [-0.39, 0.29) is 34.5 Å². The van der Waals surface area contributed by atoms with Crippen LogP contribution in [0.1, 0.15) is 97.3 Å². The minimum atomic E-state index is -3.57. The fourth-order valence-corrected chi connectivity index (χ4v) is 14.3. The minimum absolute atomic E-state index is 0.119. The van der Waals surface area contributed by atoms with Crippen LogP contribution in [0.15, 0.2) is 277 Å². The molecule has 0 bridgehead atoms. The zero-order chi connectivity index (χ0) is 92.7. The summed E-state index contributed by atoms with van der Waals surface area (Å²) in [6, 6.07) is 45.6. The van der Waals surface area contributed by atoms with Crippen molar-refractivity contribution < 1.29 is 27.6 Å². The zero-order valence-electron chi connectivity index (χ0n) is 74.5. The van der Waals surface area contributed by atoms with Gasteiger partial charge in [0.05, 0.1) is 103 Å². The predicted octanol–water partition coefficient (Wildman–Crippen LogP) is 16.8. The van der Waals surface area contributed by atoms with Crippen LogP contribution in [0.5, 0.6) is 0 Å². The molecule has 130 heavy (non-hydrogen) atoms. The highest BCUT2D eigenvalue weighted by Crippen LogP contribution is 2.30. The number of carbonyl (C=O) groups is 4. The fraction of sp³-hybridized carbons (Fsp3) is 0.214. The number of anilines is 6. The standard InChI is InChI=1S/C24H30N6O.C23H20N4O.C19H21N5O.C17H20N6O2S.C15H12N4O/c1-6-29(7-2)12-8-9-23(31)28-18-10-11-20-21(13-18)30(17-26-20)22-16-25-15-19(27-22)14-24(3,4)5;1-3-23(28)26-19-8-9-21-22(12-19)27(15-25-21)20-11-17(13-24-14-20)10-18-7-5-4-6-16(18)2;1-5-18(25)23-13-6-7-15-16(8-13)24(12-22-15)17-9-14(20-11-21-17)10-19(2,3)4;1-4-22(5-2)16-10-17(19-11-18-16)23-12-20-14-8-7-13(9-15(14)23)21-26(24,25)6-3;1-2-15(20)18-11-5-6-13-14(8-11)19(10-17-13)12-4-3-7-16-9-12/h10-11,13,15-17H,6-7,12,14H2,1-5H3,(H,28,31);3-9,11-15H,1,10H2,2H3,(H,26,28);5-9,11-12H,1,10H2,2-4H3,(H,23,25);6-12,21H,3-5H2,1-2H3;2-10H,1H2,(H,18,20). The summed E-state index contributed by atoms with van der Waals surface area (Å²) in [6.07, 6.45) is 28.7. The molecule has 0 aliphatic heterocycles. The normalized spacial score (nSPS) is 11.1. The van der Waals surface area contributed by atoms with Crippen LogP contribution in [0.4, 0.5) is 34.3 Å². The number of pyridine rings is 2. The molecule has 0 aliphatic carbocycles. The Bertz CT molecular complexity index is 6960. The monoisotopic (exact) mass is 1760 g/mol. The Morgan fingerprint density at radius 1 is 0.446 bits per heavy atom. The van der Waals surface area contributed by atoms with Gasteiger partial charge in [0.2, 0.25) is 17.7 Å². The SMILES string of the molecule is C=CC(=O)Nc1ccc2ncn(-c3cc(CC(C)(C)C)ncn3)c2c1.C=CC(=O)Nc1ccc2ncn(-c3cccnc3)c2c1.C=CC(=O)Nc1ccc2ncn(-c3cncc(Cc4ccccc4C)c3)c2c1.C=CS(=O)(=O)Nc1ccc2ncn(-c3cc(N(CC)CC)ncn3)c2c1.CCN(CC)CC#CC(=O)Nc1ccc2ncn(-c3cncc(CC(C)(C)C)n3)c2c1.